The number of rotatable bonds is 6. The molecule has 0 saturated heterocycles. The number of ether oxygens (including phenoxy) is 2. The molecule has 2 aromatic rings. The Morgan fingerprint density at radius 2 is 1.04 bits per heavy atom. The SMILES string of the molecule is O=C(/C=C/C(=O)OCc1ccc(Cl)cc1)OCc1ccc(Cl)cc1. The molecule has 0 bridgehead atoms. The molecule has 0 aromatic heterocycles. The summed E-state index contributed by atoms with van der Waals surface area (Å²) in [6.07, 6.45) is 2.06. The second-order valence-electron chi connectivity index (χ2n) is 4.80. The molecule has 24 heavy (non-hydrogen) atoms. The van der Waals surface area contributed by atoms with Gasteiger partial charge in [-0.3, -0.25) is 0 Å². The first-order chi connectivity index (χ1) is 11.5. The van der Waals surface area contributed by atoms with Gasteiger partial charge >= 0.3 is 11.9 Å². The molecule has 0 spiro atoms. The van der Waals surface area contributed by atoms with Gasteiger partial charge in [-0.1, -0.05) is 47.5 Å². The summed E-state index contributed by atoms with van der Waals surface area (Å²) in [4.78, 5) is 23.1. The Labute approximate surface area is 149 Å². The summed E-state index contributed by atoms with van der Waals surface area (Å²) in [5.74, 6) is -1.26. The van der Waals surface area contributed by atoms with Crippen molar-refractivity contribution in [3.8, 4) is 0 Å². The molecule has 6 heteroatoms. The third-order valence-corrected chi connectivity index (χ3v) is 3.45. The van der Waals surface area contributed by atoms with Gasteiger partial charge in [-0.15, -0.1) is 0 Å². The fraction of sp³-hybridized carbons (Fsp3) is 0.111. The van der Waals surface area contributed by atoms with Crippen LogP contribution in [0.5, 0.6) is 0 Å². The minimum atomic E-state index is -0.631. The maximum atomic E-state index is 11.5. The monoisotopic (exact) mass is 364 g/mol. The van der Waals surface area contributed by atoms with Crippen molar-refractivity contribution in [1.82, 2.24) is 0 Å². The predicted octanol–water partition coefficient (Wildman–Crippen LogP) is 4.34. The van der Waals surface area contributed by atoms with E-state index in [2.05, 4.69) is 0 Å². The van der Waals surface area contributed by atoms with E-state index in [4.69, 9.17) is 32.7 Å². The molecule has 0 fully saturated rings. The van der Waals surface area contributed by atoms with E-state index in [0.29, 0.717) is 10.0 Å². The minimum Gasteiger partial charge on any atom is -0.458 e. The molecule has 0 amide bonds. The summed E-state index contributed by atoms with van der Waals surface area (Å²) in [5, 5.41) is 1.21. The van der Waals surface area contributed by atoms with Crippen LogP contribution in [0.25, 0.3) is 0 Å². The van der Waals surface area contributed by atoms with Crippen LogP contribution >= 0.6 is 23.2 Å². The quantitative estimate of drug-likeness (QED) is 0.565. The smallest absolute Gasteiger partial charge is 0.331 e. The van der Waals surface area contributed by atoms with Gasteiger partial charge in [0.15, 0.2) is 0 Å². The van der Waals surface area contributed by atoms with E-state index in [9.17, 15) is 9.59 Å². The van der Waals surface area contributed by atoms with Crippen molar-refractivity contribution in [3.05, 3.63) is 81.9 Å². The van der Waals surface area contributed by atoms with Gasteiger partial charge in [0.2, 0.25) is 0 Å². The lowest BCUT2D eigenvalue weighted by molar-refractivity contribution is -0.141. The second-order valence-corrected chi connectivity index (χ2v) is 5.67. The van der Waals surface area contributed by atoms with Crippen LogP contribution in [-0.4, -0.2) is 11.9 Å². The van der Waals surface area contributed by atoms with Gasteiger partial charge in [0, 0.05) is 22.2 Å². The van der Waals surface area contributed by atoms with E-state index in [1.165, 1.54) is 0 Å². The summed E-state index contributed by atoms with van der Waals surface area (Å²) in [7, 11) is 0. The maximum absolute atomic E-state index is 11.5. The first-order valence-corrected chi connectivity index (χ1v) is 7.79. The lowest BCUT2D eigenvalue weighted by Crippen LogP contribution is -2.04. The molecule has 0 N–H and O–H groups in total. The normalized spacial score (nSPS) is 10.6. The topological polar surface area (TPSA) is 52.6 Å². The Kier molecular flexibility index (Phi) is 6.85. The lowest BCUT2D eigenvalue weighted by atomic mass is 10.2. The van der Waals surface area contributed by atoms with Crippen LogP contribution in [0, 0.1) is 0 Å². The molecule has 2 rings (SSSR count). The van der Waals surface area contributed by atoms with Gasteiger partial charge in [-0.05, 0) is 35.4 Å². The van der Waals surface area contributed by atoms with Crippen molar-refractivity contribution in [2.45, 2.75) is 13.2 Å². The van der Waals surface area contributed by atoms with Crippen LogP contribution in [-0.2, 0) is 32.3 Å². The molecule has 0 aliphatic heterocycles. The highest BCUT2D eigenvalue weighted by atomic mass is 35.5. The highest BCUT2D eigenvalue weighted by molar-refractivity contribution is 6.30. The Balaban J connectivity index is 1.73. The average Bonchev–Trinajstić information content (AvgIpc) is 2.59. The molecular formula is C18H14Cl2O4. The molecule has 0 aliphatic carbocycles. The first-order valence-electron chi connectivity index (χ1n) is 7.03. The first kappa shape index (κ1) is 18.0. The van der Waals surface area contributed by atoms with Gasteiger partial charge in [0.05, 0.1) is 0 Å². The van der Waals surface area contributed by atoms with Gasteiger partial charge in [0.25, 0.3) is 0 Å². The summed E-state index contributed by atoms with van der Waals surface area (Å²) in [6, 6.07) is 13.8. The Morgan fingerprint density at radius 3 is 1.38 bits per heavy atom. The van der Waals surface area contributed by atoms with Crippen molar-refractivity contribution in [2.24, 2.45) is 0 Å². The largest absolute Gasteiger partial charge is 0.458 e. The van der Waals surface area contributed by atoms with Crippen LogP contribution in [0.1, 0.15) is 11.1 Å². The average molecular weight is 365 g/mol. The zero-order valence-electron chi connectivity index (χ0n) is 12.6. The molecule has 0 aliphatic rings. The molecule has 0 radical (unpaired) electrons. The van der Waals surface area contributed by atoms with Gasteiger partial charge < -0.3 is 9.47 Å². The number of carbonyl (C=O) groups excluding carboxylic acids is 2. The number of carbonyl (C=O) groups is 2. The maximum Gasteiger partial charge on any atom is 0.331 e. The van der Waals surface area contributed by atoms with Crippen LogP contribution < -0.4 is 0 Å². The predicted molar refractivity (Wildman–Crippen MR) is 91.6 cm³/mol. The summed E-state index contributed by atoms with van der Waals surface area (Å²) >= 11 is 11.5. The van der Waals surface area contributed by atoms with Crippen LogP contribution in [0.15, 0.2) is 60.7 Å². The van der Waals surface area contributed by atoms with E-state index >= 15 is 0 Å². The fourth-order valence-electron chi connectivity index (χ4n) is 1.70. The van der Waals surface area contributed by atoms with Gasteiger partial charge in [0.1, 0.15) is 13.2 Å². The molecule has 0 unspecified atom stereocenters. The van der Waals surface area contributed by atoms with E-state index < -0.39 is 11.9 Å². The Hall–Kier alpha value is -2.30. The highest BCUT2D eigenvalue weighted by Crippen LogP contribution is 2.11. The third-order valence-electron chi connectivity index (χ3n) is 2.94. The van der Waals surface area contributed by atoms with Crippen molar-refractivity contribution in [3.63, 3.8) is 0 Å². The van der Waals surface area contributed by atoms with Crippen LogP contribution in [0.2, 0.25) is 10.0 Å². The van der Waals surface area contributed by atoms with Crippen molar-refractivity contribution in [2.75, 3.05) is 0 Å². The number of hydrogen-bond acceptors (Lipinski definition) is 4. The van der Waals surface area contributed by atoms with Crippen molar-refractivity contribution >= 4 is 35.1 Å². The number of hydrogen-bond donors (Lipinski definition) is 0. The van der Waals surface area contributed by atoms with Crippen molar-refractivity contribution < 1.29 is 19.1 Å². The van der Waals surface area contributed by atoms with Crippen molar-refractivity contribution in [1.29, 1.82) is 0 Å². The van der Waals surface area contributed by atoms with Gasteiger partial charge in [-0.2, -0.15) is 0 Å². The molecule has 0 atom stereocenters. The Bertz CT molecular complexity index is 658. The number of esters is 2. The molecule has 124 valence electrons. The fourth-order valence-corrected chi connectivity index (χ4v) is 1.95. The van der Waals surface area contributed by atoms with Gasteiger partial charge in [-0.25, -0.2) is 9.59 Å². The summed E-state index contributed by atoms with van der Waals surface area (Å²) in [6.45, 7) is 0.195. The number of halogens is 2. The van der Waals surface area contributed by atoms with Crippen LogP contribution in [0.4, 0.5) is 0 Å². The van der Waals surface area contributed by atoms with Crippen LogP contribution in [0.3, 0.4) is 0 Å². The minimum absolute atomic E-state index is 0.0974. The second kappa shape index (κ2) is 9.11. The zero-order chi connectivity index (χ0) is 17.4. The summed E-state index contributed by atoms with van der Waals surface area (Å²) < 4.78 is 10.0. The molecule has 4 nitrogen and oxygen atoms in total. The van der Waals surface area contributed by atoms with E-state index in [1.807, 2.05) is 0 Å². The molecule has 2 aromatic carbocycles. The van der Waals surface area contributed by atoms with E-state index in [0.717, 1.165) is 23.3 Å². The van der Waals surface area contributed by atoms with E-state index in [-0.39, 0.29) is 13.2 Å². The number of benzene rings is 2. The Morgan fingerprint density at radius 1 is 0.708 bits per heavy atom. The molecule has 0 heterocycles. The summed E-state index contributed by atoms with van der Waals surface area (Å²) in [5.41, 5.74) is 1.60. The third kappa shape index (κ3) is 6.44. The molecule has 0 saturated carbocycles. The lowest BCUT2D eigenvalue weighted by Gasteiger charge is -2.03. The standard InChI is InChI=1S/C18H14Cl2O4/c19-15-5-1-13(2-6-15)11-23-17(21)9-10-18(22)24-12-14-3-7-16(20)8-4-14/h1-10H,11-12H2/b10-9+. The highest BCUT2D eigenvalue weighted by Gasteiger charge is 2.03. The van der Waals surface area contributed by atoms with E-state index in [1.54, 1.807) is 48.5 Å². The zero-order valence-corrected chi connectivity index (χ0v) is 14.1. The molecular weight excluding hydrogens is 351 g/mol.